The molecule has 1 unspecified atom stereocenters. The van der Waals surface area contributed by atoms with Crippen molar-refractivity contribution in [3.05, 3.63) is 35.2 Å². The smallest absolute Gasteiger partial charge is 0.292 e. The first-order valence-electron chi connectivity index (χ1n) is 6.87. The fourth-order valence-corrected chi connectivity index (χ4v) is 2.77. The minimum atomic E-state index is -0.214. The van der Waals surface area contributed by atoms with Gasteiger partial charge in [-0.3, -0.25) is 0 Å². The summed E-state index contributed by atoms with van der Waals surface area (Å²) in [6.07, 6.45) is 1.71. The summed E-state index contributed by atoms with van der Waals surface area (Å²) in [4.78, 5) is 1.67. The van der Waals surface area contributed by atoms with E-state index in [1.165, 1.54) is 4.90 Å². The van der Waals surface area contributed by atoms with Gasteiger partial charge in [-0.25, -0.2) is 0 Å². The van der Waals surface area contributed by atoms with Crippen LogP contribution >= 0.6 is 12.2 Å². The number of hydrogen-bond donors (Lipinski definition) is 2. The van der Waals surface area contributed by atoms with Crippen molar-refractivity contribution in [1.82, 2.24) is 9.78 Å². The van der Waals surface area contributed by atoms with E-state index in [4.69, 9.17) is 16.6 Å². The number of aliphatic hydroxyl groups is 1. The molecule has 0 bridgehead atoms. The molecule has 1 aromatic carbocycles. The number of nitrogens with zero attached hydrogens (tertiary/aromatic N) is 2. The molecule has 5 nitrogen and oxygen atoms in total. The molecule has 2 aromatic rings. The molecule has 0 spiro atoms. The molecule has 106 valence electrons. The molecule has 0 saturated carbocycles. The minimum Gasteiger partial charge on any atom is -0.409 e. The molecular weight excluding hydrogens is 274 g/mol. The summed E-state index contributed by atoms with van der Waals surface area (Å²) in [5, 5.41) is 14.2. The van der Waals surface area contributed by atoms with Crippen LogP contribution in [0.4, 0.5) is 0 Å². The average Bonchev–Trinajstić information content (AvgIpc) is 2.81. The van der Waals surface area contributed by atoms with Gasteiger partial charge in [-0.05, 0) is 37.2 Å². The summed E-state index contributed by atoms with van der Waals surface area (Å²) < 4.78 is 7.27. The van der Waals surface area contributed by atoms with Gasteiger partial charge in [-0.2, -0.15) is 4.68 Å². The van der Waals surface area contributed by atoms with E-state index in [9.17, 15) is 5.11 Å². The molecule has 2 heterocycles. The van der Waals surface area contributed by atoms with Gasteiger partial charge in [0.25, 0.3) is 4.84 Å². The molecule has 6 heteroatoms. The Kier molecular flexibility index (Phi) is 3.95. The monoisotopic (exact) mass is 292 g/mol. The lowest BCUT2D eigenvalue weighted by atomic mass is 10.1. The number of nitrogens with one attached hydrogen (secondary N) is 1. The van der Waals surface area contributed by atoms with E-state index in [0.29, 0.717) is 17.4 Å². The van der Waals surface area contributed by atoms with Crippen LogP contribution in [0.5, 0.6) is 0 Å². The Morgan fingerprint density at radius 2 is 2.20 bits per heavy atom. The van der Waals surface area contributed by atoms with E-state index in [-0.39, 0.29) is 6.10 Å². The van der Waals surface area contributed by atoms with Gasteiger partial charge in [0.05, 0.1) is 6.54 Å². The maximum atomic E-state index is 9.71. The van der Waals surface area contributed by atoms with Gasteiger partial charge in [0.15, 0.2) is 6.67 Å². The van der Waals surface area contributed by atoms with Gasteiger partial charge in [0.1, 0.15) is 12.6 Å². The molecule has 1 aliphatic heterocycles. The molecule has 3 rings (SSSR count). The predicted octanol–water partition coefficient (Wildman–Crippen LogP) is 0.870. The Balaban J connectivity index is 1.78. The van der Waals surface area contributed by atoms with Crippen LogP contribution in [0.15, 0.2) is 34.7 Å². The predicted molar refractivity (Wildman–Crippen MR) is 76.7 cm³/mol. The Labute approximate surface area is 122 Å². The van der Waals surface area contributed by atoms with E-state index >= 15 is 0 Å². The highest BCUT2D eigenvalue weighted by Crippen LogP contribution is 2.16. The van der Waals surface area contributed by atoms with Crippen molar-refractivity contribution in [2.45, 2.75) is 25.6 Å². The van der Waals surface area contributed by atoms with Gasteiger partial charge in [0.2, 0.25) is 5.89 Å². The maximum Gasteiger partial charge on any atom is 0.292 e. The van der Waals surface area contributed by atoms with Crippen molar-refractivity contribution in [3.63, 3.8) is 0 Å². The number of hydrogen-bond acceptors (Lipinski definition) is 4. The zero-order valence-corrected chi connectivity index (χ0v) is 12.0. The van der Waals surface area contributed by atoms with Crippen LogP contribution in [0.1, 0.15) is 12.8 Å². The van der Waals surface area contributed by atoms with Crippen LogP contribution in [-0.4, -0.2) is 34.1 Å². The van der Waals surface area contributed by atoms with Crippen LogP contribution in [0.3, 0.4) is 0 Å². The van der Waals surface area contributed by atoms with Gasteiger partial charge in [-0.15, -0.1) is 5.10 Å². The summed E-state index contributed by atoms with van der Waals surface area (Å²) >= 11 is 5.23. The number of rotatable bonds is 3. The van der Waals surface area contributed by atoms with E-state index in [1.54, 1.807) is 4.68 Å². The average molecular weight is 292 g/mol. The molecule has 1 aromatic heterocycles. The second-order valence-corrected chi connectivity index (χ2v) is 5.55. The van der Waals surface area contributed by atoms with E-state index < -0.39 is 0 Å². The van der Waals surface area contributed by atoms with E-state index in [1.807, 2.05) is 30.3 Å². The first-order valence-corrected chi connectivity index (χ1v) is 7.28. The van der Waals surface area contributed by atoms with Crippen LogP contribution in [0.2, 0.25) is 0 Å². The summed E-state index contributed by atoms with van der Waals surface area (Å²) in [7, 11) is 0. The van der Waals surface area contributed by atoms with Gasteiger partial charge >= 0.3 is 0 Å². The number of quaternary nitrogens is 1. The van der Waals surface area contributed by atoms with Crippen LogP contribution < -0.4 is 4.90 Å². The van der Waals surface area contributed by atoms with Crippen LogP contribution in [0.25, 0.3) is 11.5 Å². The molecule has 1 aliphatic rings. The lowest BCUT2D eigenvalue weighted by molar-refractivity contribution is -0.931. The van der Waals surface area contributed by atoms with Crippen molar-refractivity contribution in [2.24, 2.45) is 0 Å². The SMILES string of the molecule is O[C@@H]1CCC[NH+](Cn2nc(-c3ccccc3)oc2=S)C1. The lowest BCUT2D eigenvalue weighted by Crippen LogP contribution is -3.13. The number of piperidine rings is 1. The van der Waals surface area contributed by atoms with Crippen LogP contribution in [0, 0.1) is 4.84 Å². The summed E-state index contributed by atoms with van der Waals surface area (Å²) in [5.74, 6) is 0.549. The van der Waals surface area contributed by atoms with Crippen molar-refractivity contribution >= 4 is 12.2 Å². The summed E-state index contributed by atoms with van der Waals surface area (Å²) in [6, 6.07) is 9.73. The molecule has 1 fully saturated rings. The maximum absolute atomic E-state index is 9.71. The van der Waals surface area contributed by atoms with Gasteiger partial charge < -0.3 is 14.4 Å². The van der Waals surface area contributed by atoms with E-state index in [0.717, 1.165) is 31.5 Å². The summed E-state index contributed by atoms with van der Waals surface area (Å²) in [6.45, 7) is 2.42. The fraction of sp³-hybridized carbons (Fsp3) is 0.429. The second kappa shape index (κ2) is 5.87. The standard InChI is InChI=1S/C14H17N3O2S/c18-12-7-4-8-16(9-12)10-17-14(20)19-13(15-17)11-5-2-1-3-6-11/h1-3,5-6,12,18H,4,7-10H2/p+1/t12-/m1/s1. The van der Waals surface area contributed by atoms with Crippen molar-refractivity contribution < 1.29 is 14.4 Å². The number of benzene rings is 1. The Morgan fingerprint density at radius 1 is 1.40 bits per heavy atom. The highest BCUT2D eigenvalue weighted by Gasteiger charge is 2.22. The zero-order chi connectivity index (χ0) is 13.9. The van der Waals surface area contributed by atoms with E-state index in [2.05, 4.69) is 5.10 Å². The Morgan fingerprint density at radius 3 is 2.95 bits per heavy atom. The number of likely N-dealkylation sites (tertiary alicyclic amines) is 1. The zero-order valence-electron chi connectivity index (χ0n) is 11.2. The highest BCUT2D eigenvalue weighted by atomic mass is 32.1. The molecule has 0 amide bonds. The van der Waals surface area contributed by atoms with Crippen molar-refractivity contribution in [1.29, 1.82) is 0 Å². The fourth-order valence-electron chi connectivity index (χ4n) is 2.58. The van der Waals surface area contributed by atoms with Crippen molar-refractivity contribution in [3.8, 4) is 11.5 Å². The van der Waals surface area contributed by atoms with Crippen molar-refractivity contribution in [2.75, 3.05) is 13.1 Å². The largest absolute Gasteiger partial charge is 0.409 e. The number of aromatic nitrogens is 2. The first kappa shape index (κ1) is 13.5. The summed E-state index contributed by atoms with van der Waals surface area (Å²) in [5.41, 5.74) is 0.922. The third-order valence-electron chi connectivity index (χ3n) is 3.59. The molecule has 0 radical (unpaired) electrons. The molecule has 2 N–H and O–H groups in total. The Hall–Kier alpha value is -1.50. The van der Waals surface area contributed by atoms with Gasteiger partial charge in [0, 0.05) is 5.56 Å². The molecular formula is C14H18N3O2S+. The normalized spacial score (nSPS) is 22.9. The quantitative estimate of drug-likeness (QED) is 0.824. The third-order valence-corrected chi connectivity index (χ3v) is 3.89. The molecule has 1 saturated heterocycles. The topological polar surface area (TPSA) is 55.6 Å². The first-order chi connectivity index (χ1) is 9.72. The molecule has 2 atom stereocenters. The van der Waals surface area contributed by atoms with Crippen LogP contribution in [-0.2, 0) is 6.67 Å². The molecule has 0 aliphatic carbocycles. The molecule has 20 heavy (non-hydrogen) atoms. The second-order valence-electron chi connectivity index (χ2n) is 5.20. The Bertz CT molecular complexity index is 623. The van der Waals surface area contributed by atoms with Gasteiger partial charge in [-0.1, -0.05) is 18.2 Å². The highest BCUT2D eigenvalue weighted by molar-refractivity contribution is 7.71. The minimum absolute atomic E-state index is 0.214. The third kappa shape index (κ3) is 2.98. The number of aliphatic hydroxyl groups excluding tert-OH is 1. The lowest BCUT2D eigenvalue weighted by Gasteiger charge is -2.26.